The molecule has 1 aliphatic rings. The first-order valence-corrected chi connectivity index (χ1v) is 8.76. The number of rotatable bonds is 5. The maximum Gasteiger partial charge on any atom is 0.315 e. The van der Waals surface area contributed by atoms with Crippen molar-refractivity contribution in [2.45, 2.75) is 38.3 Å². The molecule has 2 aromatic rings. The van der Waals surface area contributed by atoms with Gasteiger partial charge in [-0.05, 0) is 28.7 Å². The first-order valence-electron chi connectivity index (χ1n) is 8.76. The Hall–Kier alpha value is -2.40. The van der Waals surface area contributed by atoms with Crippen molar-refractivity contribution >= 4 is 6.03 Å². The van der Waals surface area contributed by atoms with Crippen LogP contribution in [0.15, 0.2) is 48.8 Å². The van der Waals surface area contributed by atoms with Crippen LogP contribution < -0.4 is 10.6 Å². The second kappa shape index (κ2) is 7.66. The molecule has 0 bridgehead atoms. The minimum Gasteiger partial charge on any atom is -0.390 e. The standard InChI is InChI=1S/C20H25N3O2/c1-13(2)17(15-7-5-9-21-11-15)12-22-20(25)23-19-16-8-4-3-6-14(16)10-18(19)24/h3-9,11,13,17-19,24H,10,12H2,1-2H3,(H2,22,23,25). The van der Waals surface area contributed by atoms with E-state index in [1.54, 1.807) is 6.20 Å². The Balaban J connectivity index is 1.61. The van der Waals surface area contributed by atoms with Gasteiger partial charge in [0, 0.05) is 31.3 Å². The summed E-state index contributed by atoms with van der Waals surface area (Å²) >= 11 is 0. The number of fused-ring (bicyclic) bond motifs is 1. The average molecular weight is 339 g/mol. The lowest BCUT2D eigenvalue weighted by Crippen LogP contribution is -2.42. The zero-order valence-corrected chi connectivity index (χ0v) is 14.6. The average Bonchev–Trinajstić information content (AvgIpc) is 2.91. The molecule has 0 spiro atoms. The topological polar surface area (TPSA) is 74.2 Å². The first kappa shape index (κ1) is 17.4. The van der Waals surface area contributed by atoms with Gasteiger partial charge in [0.1, 0.15) is 0 Å². The van der Waals surface area contributed by atoms with E-state index in [1.807, 2.05) is 42.6 Å². The van der Waals surface area contributed by atoms with Crippen LogP contribution in [0.4, 0.5) is 4.79 Å². The quantitative estimate of drug-likeness (QED) is 0.784. The van der Waals surface area contributed by atoms with E-state index in [9.17, 15) is 9.90 Å². The Kier molecular flexibility index (Phi) is 5.34. The molecule has 5 heteroatoms. The van der Waals surface area contributed by atoms with Crippen LogP contribution in [0, 0.1) is 5.92 Å². The molecule has 1 aliphatic carbocycles. The number of urea groups is 1. The van der Waals surface area contributed by atoms with Gasteiger partial charge >= 0.3 is 6.03 Å². The number of nitrogens with zero attached hydrogens (tertiary/aromatic N) is 1. The van der Waals surface area contributed by atoms with E-state index in [-0.39, 0.29) is 18.0 Å². The van der Waals surface area contributed by atoms with Gasteiger partial charge in [0.15, 0.2) is 0 Å². The maximum atomic E-state index is 12.4. The van der Waals surface area contributed by atoms with E-state index in [1.165, 1.54) is 0 Å². The molecule has 0 saturated heterocycles. The number of hydrogen-bond acceptors (Lipinski definition) is 3. The number of aliphatic hydroxyl groups excluding tert-OH is 1. The van der Waals surface area contributed by atoms with Crippen molar-refractivity contribution in [1.29, 1.82) is 0 Å². The molecule has 25 heavy (non-hydrogen) atoms. The van der Waals surface area contributed by atoms with Crippen LogP contribution in [0.5, 0.6) is 0 Å². The van der Waals surface area contributed by atoms with Crippen LogP contribution in [-0.2, 0) is 6.42 Å². The number of aliphatic hydroxyl groups is 1. The number of benzene rings is 1. The highest BCUT2D eigenvalue weighted by molar-refractivity contribution is 5.75. The summed E-state index contributed by atoms with van der Waals surface area (Å²) in [7, 11) is 0. The summed E-state index contributed by atoms with van der Waals surface area (Å²) in [5.41, 5.74) is 3.21. The summed E-state index contributed by atoms with van der Waals surface area (Å²) in [5, 5.41) is 16.1. The fourth-order valence-corrected chi connectivity index (χ4v) is 3.48. The molecule has 1 heterocycles. The number of pyridine rings is 1. The van der Waals surface area contributed by atoms with Crippen LogP contribution in [0.1, 0.15) is 42.5 Å². The summed E-state index contributed by atoms with van der Waals surface area (Å²) in [5.74, 6) is 0.572. The van der Waals surface area contributed by atoms with E-state index in [0.29, 0.717) is 18.9 Å². The highest BCUT2D eigenvalue weighted by atomic mass is 16.3. The van der Waals surface area contributed by atoms with Crippen LogP contribution in [-0.4, -0.2) is 28.8 Å². The van der Waals surface area contributed by atoms with Gasteiger partial charge in [0.05, 0.1) is 12.1 Å². The van der Waals surface area contributed by atoms with Crippen molar-refractivity contribution in [3.8, 4) is 0 Å². The van der Waals surface area contributed by atoms with Crippen LogP contribution in [0.2, 0.25) is 0 Å². The molecule has 1 aromatic heterocycles. The summed E-state index contributed by atoms with van der Waals surface area (Å²) in [4.78, 5) is 16.5. The van der Waals surface area contributed by atoms with Crippen molar-refractivity contribution < 1.29 is 9.90 Å². The Morgan fingerprint density at radius 1 is 1.28 bits per heavy atom. The number of carbonyl (C=O) groups is 1. The predicted octanol–water partition coefficient (Wildman–Crippen LogP) is 2.78. The lowest BCUT2D eigenvalue weighted by Gasteiger charge is -2.23. The number of hydrogen-bond donors (Lipinski definition) is 3. The molecule has 3 atom stereocenters. The first-order chi connectivity index (χ1) is 12.1. The fourth-order valence-electron chi connectivity index (χ4n) is 3.48. The van der Waals surface area contributed by atoms with Crippen molar-refractivity contribution in [1.82, 2.24) is 15.6 Å². The van der Waals surface area contributed by atoms with Gasteiger partial charge < -0.3 is 15.7 Å². The number of aromatic nitrogens is 1. The zero-order chi connectivity index (χ0) is 17.8. The van der Waals surface area contributed by atoms with E-state index in [0.717, 1.165) is 16.7 Å². The normalized spacial score (nSPS) is 20.2. The summed E-state index contributed by atoms with van der Waals surface area (Å²) in [6, 6.07) is 11.2. The minimum absolute atomic E-state index is 0.195. The largest absolute Gasteiger partial charge is 0.390 e. The summed E-state index contributed by atoms with van der Waals surface area (Å²) < 4.78 is 0. The third-order valence-corrected chi connectivity index (χ3v) is 4.89. The smallest absolute Gasteiger partial charge is 0.315 e. The van der Waals surface area contributed by atoms with Crippen molar-refractivity contribution in [3.63, 3.8) is 0 Å². The van der Waals surface area contributed by atoms with Gasteiger partial charge in [0.2, 0.25) is 0 Å². The molecule has 5 nitrogen and oxygen atoms in total. The summed E-state index contributed by atoms with van der Waals surface area (Å²) in [6.45, 7) is 4.79. The summed E-state index contributed by atoms with van der Waals surface area (Å²) in [6.07, 6.45) is 3.59. The Morgan fingerprint density at radius 2 is 2.08 bits per heavy atom. The molecule has 0 fully saturated rings. The fraction of sp³-hybridized carbons (Fsp3) is 0.400. The maximum absolute atomic E-state index is 12.4. The molecule has 1 aromatic carbocycles. The van der Waals surface area contributed by atoms with E-state index in [2.05, 4.69) is 29.5 Å². The van der Waals surface area contributed by atoms with Gasteiger partial charge in [-0.2, -0.15) is 0 Å². The molecular weight excluding hydrogens is 314 g/mol. The van der Waals surface area contributed by atoms with E-state index in [4.69, 9.17) is 0 Å². The Labute approximate surface area is 148 Å². The second-order valence-corrected chi connectivity index (χ2v) is 6.94. The van der Waals surface area contributed by atoms with Crippen LogP contribution in [0.25, 0.3) is 0 Å². The molecule has 3 unspecified atom stereocenters. The molecule has 132 valence electrons. The third kappa shape index (κ3) is 3.99. The molecule has 2 amide bonds. The van der Waals surface area contributed by atoms with Gasteiger partial charge in [-0.3, -0.25) is 4.98 Å². The highest BCUT2D eigenvalue weighted by Crippen LogP contribution is 2.31. The number of nitrogens with one attached hydrogen (secondary N) is 2. The predicted molar refractivity (Wildman–Crippen MR) is 97.2 cm³/mol. The number of carbonyl (C=O) groups excluding carboxylic acids is 1. The highest BCUT2D eigenvalue weighted by Gasteiger charge is 2.32. The minimum atomic E-state index is -0.581. The molecular formula is C20H25N3O2. The zero-order valence-electron chi connectivity index (χ0n) is 14.6. The second-order valence-electron chi connectivity index (χ2n) is 6.94. The lowest BCUT2D eigenvalue weighted by molar-refractivity contribution is 0.142. The molecule has 0 radical (unpaired) electrons. The monoisotopic (exact) mass is 339 g/mol. The Morgan fingerprint density at radius 3 is 2.80 bits per heavy atom. The van der Waals surface area contributed by atoms with Crippen molar-refractivity contribution in [3.05, 3.63) is 65.5 Å². The van der Waals surface area contributed by atoms with Gasteiger partial charge in [-0.1, -0.05) is 44.2 Å². The lowest BCUT2D eigenvalue weighted by atomic mass is 9.89. The molecule has 3 rings (SSSR count). The van der Waals surface area contributed by atoms with Gasteiger partial charge in [-0.15, -0.1) is 0 Å². The molecule has 3 N–H and O–H groups in total. The third-order valence-electron chi connectivity index (χ3n) is 4.89. The van der Waals surface area contributed by atoms with Gasteiger partial charge in [0.25, 0.3) is 0 Å². The van der Waals surface area contributed by atoms with Crippen molar-refractivity contribution in [2.24, 2.45) is 5.92 Å². The Bertz CT molecular complexity index is 718. The van der Waals surface area contributed by atoms with Crippen LogP contribution in [0.3, 0.4) is 0 Å². The van der Waals surface area contributed by atoms with Crippen LogP contribution >= 0.6 is 0 Å². The van der Waals surface area contributed by atoms with E-state index >= 15 is 0 Å². The number of amides is 2. The SMILES string of the molecule is CC(C)C(CNC(=O)NC1c2ccccc2CC1O)c1cccnc1. The van der Waals surface area contributed by atoms with E-state index < -0.39 is 6.10 Å². The van der Waals surface area contributed by atoms with Gasteiger partial charge in [-0.25, -0.2) is 4.79 Å². The molecule has 0 saturated carbocycles. The van der Waals surface area contributed by atoms with Crippen molar-refractivity contribution in [2.75, 3.05) is 6.54 Å². The molecule has 0 aliphatic heterocycles.